The first-order valence-electron chi connectivity index (χ1n) is 5.57. The first-order chi connectivity index (χ1) is 9.37. The van der Waals surface area contributed by atoms with Crippen LogP contribution >= 0.6 is 27.5 Å². The van der Waals surface area contributed by atoms with Crippen molar-refractivity contribution in [2.75, 3.05) is 26.9 Å². The molecule has 0 atom stereocenters. The summed E-state index contributed by atoms with van der Waals surface area (Å²) >= 11 is 9.19. The summed E-state index contributed by atoms with van der Waals surface area (Å²) in [7, 11) is 1.46. The lowest BCUT2D eigenvalue weighted by molar-refractivity contribution is -0.175. The van der Waals surface area contributed by atoms with E-state index < -0.39 is 12.8 Å². The second kappa shape index (κ2) is 7.95. The van der Waals surface area contributed by atoms with Crippen molar-refractivity contribution in [3.8, 4) is 11.5 Å². The largest absolute Gasteiger partial charge is 0.493 e. The molecule has 0 amide bonds. The first-order valence-corrected chi connectivity index (χ1v) is 7.07. The minimum Gasteiger partial charge on any atom is -0.493 e. The number of hydrogen-bond donors (Lipinski definition) is 0. The fourth-order valence-corrected chi connectivity index (χ4v) is 2.08. The van der Waals surface area contributed by atoms with Crippen LogP contribution in [0.15, 0.2) is 12.1 Å². The molecule has 0 aliphatic carbocycles. The third-order valence-corrected chi connectivity index (χ3v) is 3.02. The maximum absolute atomic E-state index is 11.9. The van der Waals surface area contributed by atoms with E-state index >= 15 is 0 Å². The Hall–Kier alpha value is -0.660. The molecule has 0 fully saturated rings. The summed E-state index contributed by atoms with van der Waals surface area (Å²) in [5, 5.41) is 0.958. The lowest BCUT2D eigenvalue weighted by Crippen LogP contribution is -2.19. The normalized spacial score (nSPS) is 11.5. The molecule has 1 aromatic rings. The van der Waals surface area contributed by atoms with Crippen LogP contribution in [-0.4, -0.2) is 33.1 Å². The van der Waals surface area contributed by atoms with E-state index in [9.17, 15) is 13.2 Å². The lowest BCUT2D eigenvalue weighted by atomic mass is 10.2. The molecular formula is C12H13BrClF3O3. The number of benzene rings is 1. The molecule has 0 bridgehead atoms. The summed E-state index contributed by atoms with van der Waals surface area (Å²) < 4.78 is 50.6. The molecule has 0 radical (unpaired) electrons. The van der Waals surface area contributed by atoms with Crippen molar-refractivity contribution in [2.24, 2.45) is 0 Å². The molecule has 114 valence electrons. The van der Waals surface area contributed by atoms with E-state index in [4.69, 9.17) is 21.1 Å². The van der Waals surface area contributed by atoms with Crippen LogP contribution in [0.5, 0.6) is 11.5 Å². The smallest absolute Gasteiger partial charge is 0.411 e. The van der Waals surface area contributed by atoms with Gasteiger partial charge >= 0.3 is 6.18 Å². The molecule has 1 rings (SSSR count). The van der Waals surface area contributed by atoms with Crippen LogP contribution in [0.2, 0.25) is 5.02 Å². The van der Waals surface area contributed by atoms with Gasteiger partial charge in [0.2, 0.25) is 0 Å². The van der Waals surface area contributed by atoms with E-state index in [-0.39, 0.29) is 13.2 Å². The van der Waals surface area contributed by atoms with Gasteiger partial charge in [-0.05, 0) is 6.07 Å². The number of methoxy groups -OCH3 is 1. The zero-order chi connectivity index (χ0) is 15.2. The quantitative estimate of drug-likeness (QED) is 0.526. The summed E-state index contributed by atoms with van der Waals surface area (Å²) in [6, 6.07) is 3.25. The number of rotatable bonds is 7. The summed E-state index contributed by atoms with van der Waals surface area (Å²) in [6.45, 7) is -1.49. The van der Waals surface area contributed by atoms with E-state index in [1.807, 2.05) is 0 Å². The van der Waals surface area contributed by atoms with Gasteiger partial charge in [-0.2, -0.15) is 13.2 Å². The molecular weight excluding hydrogens is 364 g/mol. The van der Waals surface area contributed by atoms with Gasteiger partial charge in [0.05, 0.1) is 13.7 Å². The zero-order valence-electron chi connectivity index (χ0n) is 10.6. The van der Waals surface area contributed by atoms with Crippen molar-refractivity contribution in [1.29, 1.82) is 0 Å². The van der Waals surface area contributed by atoms with E-state index in [1.165, 1.54) is 7.11 Å². The van der Waals surface area contributed by atoms with E-state index in [1.54, 1.807) is 12.1 Å². The standard InChI is InChI=1S/C12H13BrClF3O3/c1-18-10-5-9(14)4-8(6-13)11(10)20-3-2-19-7-12(15,16)17/h4-5H,2-3,6-7H2,1H3. The van der Waals surface area contributed by atoms with Gasteiger partial charge in [-0.3, -0.25) is 0 Å². The van der Waals surface area contributed by atoms with Crippen LogP contribution < -0.4 is 9.47 Å². The Morgan fingerprint density at radius 3 is 2.50 bits per heavy atom. The summed E-state index contributed by atoms with van der Waals surface area (Å²) in [5.74, 6) is 0.854. The SMILES string of the molecule is COc1cc(Cl)cc(CBr)c1OCCOCC(F)(F)F. The molecule has 0 aliphatic rings. The summed E-state index contributed by atoms with van der Waals surface area (Å²) in [5.41, 5.74) is 0.741. The first kappa shape index (κ1) is 17.4. The van der Waals surface area contributed by atoms with E-state index in [0.717, 1.165) is 5.56 Å². The molecule has 3 nitrogen and oxygen atoms in total. The van der Waals surface area contributed by atoms with Gasteiger partial charge in [-0.15, -0.1) is 0 Å². The van der Waals surface area contributed by atoms with Crippen molar-refractivity contribution < 1.29 is 27.4 Å². The third-order valence-electron chi connectivity index (χ3n) is 2.20. The summed E-state index contributed by atoms with van der Waals surface area (Å²) in [6.07, 6.45) is -4.33. The van der Waals surface area contributed by atoms with Gasteiger partial charge in [0, 0.05) is 22.0 Å². The van der Waals surface area contributed by atoms with Gasteiger partial charge < -0.3 is 14.2 Å². The van der Waals surface area contributed by atoms with E-state index in [0.29, 0.717) is 21.9 Å². The molecule has 1 aromatic carbocycles. The highest BCUT2D eigenvalue weighted by molar-refractivity contribution is 9.08. The van der Waals surface area contributed by atoms with Crippen LogP contribution in [0.1, 0.15) is 5.56 Å². The Labute approximate surface area is 128 Å². The lowest BCUT2D eigenvalue weighted by Gasteiger charge is -2.15. The number of hydrogen-bond acceptors (Lipinski definition) is 3. The molecule has 0 unspecified atom stereocenters. The highest BCUT2D eigenvalue weighted by Gasteiger charge is 2.27. The van der Waals surface area contributed by atoms with Crippen LogP contribution in [-0.2, 0) is 10.1 Å². The van der Waals surface area contributed by atoms with Crippen LogP contribution in [0.3, 0.4) is 0 Å². The van der Waals surface area contributed by atoms with Gasteiger partial charge in [0.1, 0.15) is 13.2 Å². The van der Waals surface area contributed by atoms with E-state index in [2.05, 4.69) is 20.7 Å². The Morgan fingerprint density at radius 2 is 1.95 bits per heavy atom. The van der Waals surface area contributed by atoms with Gasteiger partial charge in [0.15, 0.2) is 11.5 Å². The maximum atomic E-state index is 11.9. The van der Waals surface area contributed by atoms with Gasteiger partial charge in [-0.1, -0.05) is 27.5 Å². The van der Waals surface area contributed by atoms with Crippen molar-refractivity contribution in [3.05, 3.63) is 22.7 Å². The Balaban J connectivity index is 2.59. The van der Waals surface area contributed by atoms with Crippen LogP contribution in [0.4, 0.5) is 13.2 Å². The molecule has 0 spiro atoms. The molecule has 8 heteroatoms. The second-order valence-corrected chi connectivity index (χ2v) is 4.74. The molecule has 0 saturated carbocycles. The molecule has 20 heavy (non-hydrogen) atoms. The minimum absolute atomic E-state index is 0.0198. The monoisotopic (exact) mass is 376 g/mol. The molecule has 0 saturated heterocycles. The average molecular weight is 378 g/mol. The fourth-order valence-electron chi connectivity index (χ4n) is 1.43. The summed E-state index contributed by atoms with van der Waals surface area (Å²) in [4.78, 5) is 0. The number of halogens is 5. The van der Waals surface area contributed by atoms with Crippen LogP contribution in [0.25, 0.3) is 0 Å². The molecule has 0 N–H and O–H groups in total. The topological polar surface area (TPSA) is 27.7 Å². The highest BCUT2D eigenvalue weighted by atomic mass is 79.9. The van der Waals surface area contributed by atoms with Gasteiger partial charge in [-0.25, -0.2) is 0 Å². The predicted molar refractivity (Wildman–Crippen MR) is 73.0 cm³/mol. The van der Waals surface area contributed by atoms with Crippen molar-refractivity contribution >= 4 is 27.5 Å². The second-order valence-electron chi connectivity index (χ2n) is 3.75. The number of alkyl halides is 4. The van der Waals surface area contributed by atoms with Crippen molar-refractivity contribution in [1.82, 2.24) is 0 Å². The van der Waals surface area contributed by atoms with Crippen LogP contribution in [0, 0.1) is 0 Å². The van der Waals surface area contributed by atoms with Crippen molar-refractivity contribution in [3.63, 3.8) is 0 Å². The minimum atomic E-state index is -4.33. The fraction of sp³-hybridized carbons (Fsp3) is 0.500. The Kier molecular flexibility index (Phi) is 6.91. The number of ether oxygens (including phenoxy) is 3. The Morgan fingerprint density at radius 1 is 1.25 bits per heavy atom. The predicted octanol–water partition coefficient (Wildman–Crippen LogP) is 4.20. The molecule has 0 heterocycles. The average Bonchev–Trinajstić information content (AvgIpc) is 2.37. The highest BCUT2D eigenvalue weighted by Crippen LogP contribution is 2.35. The Bertz CT molecular complexity index is 415. The maximum Gasteiger partial charge on any atom is 0.411 e. The van der Waals surface area contributed by atoms with Crippen molar-refractivity contribution in [2.45, 2.75) is 11.5 Å². The molecule has 0 aromatic heterocycles. The third kappa shape index (κ3) is 5.76. The molecule has 0 aliphatic heterocycles. The zero-order valence-corrected chi connectivity index (χ0v) is 12.9. The van der Waals surface area contributed by atoms with Gasteiger partial charge in [0.25, 0.3) is 0 Å².